The zero-order valence-corrected chi connectivity index (χ0v) is 10.8. The molecule has 0 aliphatic heterocycles. The number of hydrogen-bond donors (Lipinski definition) is 1. The Morgan fingerprint density at radius 1 is 1.18 bits per heavy atom. The summed E-state index contributed by atoms with van der Waals surface area (Å²) in [6.07, 6.45) is 0.729. The minimum atomic E-state index is -0.351. The molecule has 4 heteroatoms. The van der Waals surface area contributed by atoms with Crippen LogP contribution in [0.2, 0.25) is 0 Å². The maximum Gasteiger partial charge on any atom is 0.163 e. The Labute approximate surface area is 102 Å². The van der Waals surface area contributed by atoms with Gasteiger partial charge in [-0.2, -0.15) is 0 Å². The first-order chi connectivity index (χ1) is 7.99. The summed E-state index contributed by atoms with van der Waals surface area (Å²) in [4.78, 5) is 0. The Morgan fingerprint density at radius 2 is 1.71 bits per heavy atom. The average molecular weight is 241 g/mol. The van der Waals surface area contributed by atoms with E-state index in [4.69, 9.17) is 15.2 Å². The molecule has 0 amide bonds. The molecule has 96 valence electrons. The van der Waals surface area contributed by atoms with Crippen LogP contribution >= 0.6 is 0 Å². The molecule has 0 bridgehead atoms. The van der Waals surface area contributed by atoms with E-state index in [1.165, 1.54) is 20.3 Å². The molecule has 3 nitrogen and oxygen atoms in total. The number of nitrogens with two attached hydrogens (primary N) is 1. The molecular formula is C13H20FNO2. The largest absolute Gasteiger partial charge is 0.493 e. The van der Waals surface area contributed by atoms with Gasteiger partial charge in [-0.25, -0.2) is 4.39 Å². The zero-order chi connectivity index (χ0) is 13.0. The first-order valence-electron chi connectivity index (χ1n) is 5.66. The molecule has 1 aromatic rings. The van der Waals surface area contributed by atoms with Crippen molar-refractivity contribution in [3.63, 3.8) is 0 Å². The second-order valence-electron chi connectivity index (χ2n) is 4.46. The van der Waals surface area contributed by atoms with Crippen molar-refractivity contribution < 1.29 is 13.9 Å². The van der Waals surface area contributed by atoms with Crippen molar-refractivity contribution in [2.24, 2.45) is 11.7 Å². The van der Waals surface area contributed by atoms with E-state index in [-0.39, 0.29) is 11.9 Å². The lowest BCUT2D eigenvalue weighted by Crippen LogP contribution is -2.15. The number of ether oxygens (including phenoxy) is 2. The van der Waals surface area contributed by atoms with Crippen molar-refractivity contribution in [2.75, 3.05) is 14.2 Å². The van der Waals surface area contributed by atoms with E-state index >= 15 is 0 Å². The molecule has 0 saturated carbocycles. The Hall–Kier alpha value is -1.29. The van der Waals surface area contributed by atoms with Crippen molar-refractivity contribution >= 4 is 0 Å². The van der Waals surface area contributed by atoms with E-state index < -0.39 is 0 Å². The van der Waals surface area contributed by atoms with Gasteiger partial charge in [0.2, 0.25) is 0 Å². The summed E-state index contributed by atoms with van der Waals surface area (Å²) in [7, 11) is 3.00. The molecule has 1 rings (SSSR count). The first-order valence-corrected chi connectivity index (χ1v) is 5.66. The SMILES string of the molecule is COc1cc(F)c([C@H](N)CC(C)C)cc1OC. The Balaban J connectivity index is 3.07. The highest BCUT2D eigenvalue weighted by Crippen LogP contribution is 2.33. The number of rotatable bonds is 5. The fraction of sp³-hybridized carbons (Fsp3) is 0.538. The van der Waals surface area contributed by atoms with Gasteiger partial charge in [0.15, 0.2) is 11.5 Å². The molecule has 1 atom stereocenters. The molecule has 0 aliphatic carbocycles. The number of halogens is 1. The third-order valence-electron chi connectivity index (χ3n) is 2.63. The highest BCUT2D eigenvalue weighted by Gasteiger charge is 2.17. The molecule has 0 radical (unpaired) electrons. The first kappa shape index (κ1) is 13.8. The normalized spacial score (nSPS) is 12.6. The molecule has 0 aromatic heterocycles. The van der Waals surface area contributed by atoms with Gasteiger partial charge in [0.25, 0.3) is 0 Å². The average Bonchev–Trinajstić information content (AvgIpc) is 2.27. The molecule has 0 aliphatic rings. The van der Waals surface area contributed by atoms with E-state index in [9.17, 15) is 4.39 Å². The number of hydrogen-bond acceptors (Lipinski definition) is 3. The van der Waals surface area contributed by atoms with E-state index in [1.54, 1.807) is 6.07 Å². The van der Waals surface area contributed by atoms with Crippen LogP contribution in [0.3, 0.4) is 0 Å². The van der Waals surface area contributed by atoms with Gasteiger partial charge < -0.3 is 15.2 Å². The second-order valence-corrected chi connectivity index (χ2v) is 4.46. The van der Waals surface area contributed by atoms with Crippen LogP contribution in [0.1, 0.15) is 31.9 Å². The Bertz CT molecular complexity index is 380. The molecule has 2 N–H and O–H groups in total. The van der Waals surface area contributed by atoms with Crippen molar-refractivity contribution in [1.82, 2.24) is 0 Å². The molecule has 17 heavy (non-hydrogen) atoms. The van der Waals surface area contributed by atoms with Crippen molar-refractivity contribution in [2.45, 2.75) is 26.3 Å². The Kier molecular flexibility index (Phi) is 4.75. The lowest BCUT2D eigenvalue weighted by atomic mass is 9.97. The fourth-order valence-corrected chi connectivity index (χ4v) is 1.79. The van der Waals surface area contributed by atoms with E-state index in [0.29, 0.717) is 23.0 Å². The molecule has 0 heterocycles. The van der Waals surface area contributed by atoms with Crippen LogP contribution < -0.4 is 15.2 Å². The maximum absolute atomic E-state index is 13.8. The zero-order valence-electron chi connectivity index (χ0n) is 10.8. The number of benzene rings is 1. The summed E-state index contributed by atoms with van der Waals surface area (Å²) in [5, 5.41) is 0. The van der Waals surface area contributed by atoms with Crippen LogP contribution in [-0.2, 0) is 0 Å². The summed E-state index contributed by atoms with van der Waals surface area (Å²) in [5.41, 5.74) is 6.44. The predicted octanol–water partition coefficient (Wildman–Crippen LogP) is 2.89. The molecule has 0 spiro atoms. The van der Waals surface area contributed by atoms with Crippen LogP contribution in [0.25, 0.3) is 0 Å². The quantitative estimate of drug-likeness (QED) is 0.862. The smallest absolute Gasteiger partial charge is 0.163 e. The standard InChI is InChI=1S/C13H20FNO2/c1-8(2)5-11(15)9-6-12(16-3)13(17-4)7-10(9)14/h6-8,11H,5,15H2,1-4H3/t11-/m1/s1. The van der Waals surface area contributed by atoms with Crippen molar-refractivity contribution in [3.05, 3.63) is 23.5 Å². The van der Waals surface area contributed by atoms with E-state index in [0.717, 1.165) is 6.42 Å². The van der Waals surface area contributed by atoms with E-state index in [1.807, 2.05) is 0 Å². The van der Waals surface area contributed by atoms with Gasteiger partial charge in [-0.05, 0) is 18.4 Å². The third-order valence-corrected chi connectivity index (χ3v) is 2.63. The van der Waals surface area contributed by atoms with Crippen LogP contribution in [0.4, 0.5) is 4.39 Å². The molecule has 0 fully saturated rings. The van der Waals surface area contributed by atoms with Crippen LogP contribution in [0.5, 0.6) is 11.5 Å². The predicted molar refractivity (Wildman–Crippen MR) is 65.9 cm³/mol. The topological polar surface area (TPSA) is 44.5 Å². The molecule has 0 saturated heterocycles. The van der Waals surface area contributed by atoms with Crippen molar-refractivity contribution in [3.8, 4) is 11.5 Å². The second kappa shape index (κ2) is 5.87. The third kappa shape index (κ3) is 3.33. The highest BCUT2D eigenvalue weighted by molar-refractivity contribution is 5.44. The lowest BCUT2D eigenvalue weighted by Gasteiger charge is -2.17. The molecular weight excluding hydrogens is 221 g/mol. The Morgan fingerprint density at radius 3 is 2.18 bits per heavy atom. The number of methoxy groups -OCH3 is 2. The van der Waals surface area contributed by atoms with Gasteiger partial charge in [-0.3, -0.25) is 0 Å². The van der Waals surface area contributed by atoms with E-state index in [2.05, 4.69) is 13.8 Å². The van der Waals surface area contributed by atoms with Gasteiger partial charge in [0.05, 0.1) is 14.2 Å². The van der Waals surface area contributed by atoms with Gasteiger partial charge >= 0.3 is 0 Å². The minimum Gasteiger partial charge on any atom is -0.493 e. The summed E-state index contributed by atoms with van der Waals surface area (Å²) in [5.74, 6) is 0.946. The monoisotopic (exact) mass is 241 g/mol. The van der Waals surface area contributed by atoms with Gasteiger partial charge in [-0.15, -0.1) is 0 Å². The van der Waals surface area contributed by atoms with Crippen LogP contribution in [0, 0.1) is 11.7 Å². The van der Waals surface area contributed by atoms with Crippen LogP contribution in [0.15, 0.2) is 12.1 Å². The van der Waals surface area contributed by atoms with Gasteiger partial charge in [0, 0.05) is 17.7 Å². The summed E-state index contributed by atoms with van der Waals surface area (Å²) in [6.45, 7) is 4.11. The molecule has 0 unspecified atom stereocenters. The maximum atomic E-state index is 13.8. The fourth-order valence-electron chi connectivity index (χ4n) is 1.79. The minimum absolute atomic E-state index is 0.324. The highest BCUT2D eigenvalue weighted by atomic mass is 19.1. The summed E-state index contributed by atoms with van der Waals surface area (Å²) < 4.78 is 24.0. The van der Waals surface area contributed by atoms with Gasteiger partial charge in [-0.1, -0.05) is 13.8 Å². The van der Waals surface area contributed by atoms with Crippen molar-refractivity contribution in [1.29, 1.82) is 0 Å². The molecule has 1 aromatic carbocycles. The van der Waals surface area contributed by atoms with Crippen LogP contribution in [-0.4, -0.2) is 14.2 Å². The lowest BCUT2D eigenvalue weighted by molar-refractivity contribution is 0.350. The summed E-state index contributed by atoms with van der Waals surface area (Å²) >= 11 is 0. The summed E-state index contributed by atoms with van der Waals surface area (Å²) in [6, 6.07) is 2.60. The van der Waals surface area contributed by atoms with Gasteiger partial charge in [0.1, 0.15) is 5.82 Å².